The van der Waals surface area contributed by atoms with Crippen molar-refractivity contribution in [3.05, 3.63) is 82.7 Å². The lowest BCUT2D eigenvalue weighted by Crippen LogP contribution is -2.34. The van der Waals surface area contributed by atoms with Crippen molar-refractivity contribution in [2.24, 2.45) is 0 Å². The molecule has 0 aliphatic carbocycles. The van der Waals surface area contributed by atoms with Gasteiger partial charge in [-0.1, -0.05) is 42.5 Å². The third-order valence-corrected chi connectivity index (χ3v) is 4.70. The number of rotatable bonds is 7. The Bertz CT molecular complexity index is 1110. The normalized spacial score (nSPS) is 10.4. The summed E-state index contributed by atoms with van der Waals surface area (Å²) in [5, 5.41) is 6.60. The van der Waals surface area contributed by atoms with E-state index in [4.69, 9.17) is 9.47 Å². The Morgan fingerprint density at radius 3 is 2.39 bits per heavy atom. The molecule has 0 saturated carbocycles. The number of nitrogens with zero attached hydrogens (tertiary/aromatic N) is 2. The van der Waals surface area contributed by atoms with Crippen molar-refractivity contribution in [3.8, 4) is 5.75 Å². The van der Waals surface area contributed by atoms with Crippen LogP contribution in [0.25, 0.3) is 0 Å². The van der Waals surface area contributed by atoms with Gasteiger partial charge in [0.15, 0.2) is 6.61 Å². The van der Waals surface area contributed by atoms with E-state index >= 15 is 0 Å². The van der Waals surface area contributed by atoms with Gasteiger partial charge >= 0.3 is 5.97 Å². The van der Waals surface area contributed by atoms with E-state index in [2.05, 4.69) is 10.4 Å². The summed E-state index contributed by atoms with van der Waals surface area (Å²) in [6.45, 7) is 3.39. The molecule has 0 saturated heterocycles. The minimum absolute atomic E-state index is 0.207. The van der Waals surface area contributed by atoms with E-state index < -0.39 is 24.4 Å². The molecule has 1 aromatic heterocycles. The van der Waals surface area contributed by atoms with Gasteiger partial charge in [0, 0.05) is 0 Å². The standard InChI is InChI=1S/C23H23N3O5/c1-15-21(16(2)26(25-15)13-17-9-5-4-6-10-17)23(29)31-14-20(27)24-22(28)18-11-7-8-12-19(18)30-3/h4-12H,13-14H2,1-3H3,(H,24,27,28). The molecule has 0 atom stereocenters. The van der Waals surface area contributed by atoms with Crippen molar-refractivity contribution in [2.75, 3.05) is 13.7 Å². The molecule has 3 aromatic rings. The summed E-state index contributed by atoms with van der Waals surface area (Å²) in [4.78, 5) is 36.9. The van der Waals surface area contributed by atoms with E-state index in [9.17, 15) is 14.4 Å². The van der Waals surface area contributed by atoms with Crippen LogP contribution < -0.4 is 10.1 Å². The Kier molecular flexibility index (Phi) is 6.81. The number of esters is 1. The summed E-state index contributed by atoms with van der Waals surface area (Å²) in [5.41, 5.74) is 2.70. The fraction of sp³-hybridized carbons (Fsp3) is 0.217. The first-order valence-electron chi connectivity index (χ1n) is 9.63. The van der Waals surface area contributed by atoms with Gasteiger partial charge in [0.1, 0.15) is 11.3 Å². The number of aromatic nitrogens is 2. The Hall–Kier alpha value is -3.94. The summed E-state index contributed by atoms with van der Waals surface area (Å²) in [6, 6.07) is 16.2. The lowest BCUT2D eigenvalue weighted by Gasteiger charge is -2.09. The van der Waals surface area contributed by atoms with Crippen LogP contribution in [-0.2, 0) is 16.1 Å². The van der Waals surface area contributed by atoms with Crippen molar-refractivity contribution in [1.82, 2.24) is 15.1 Å². The number of carbonyl (C=O) groups is 3. The van der Waals surface area contributed by atoms with E-state index in [0.29, 0.717) is 29.2 Å². The molecule has 0 aliphatic heterocycles. The monoisotopic (exact) mass is 421 g/mol. The van der Waals surface area contributed by atoms with Crippen molar-refractivity contribution in [3.63, 3.8) is 0 Å². The molecule has 0 bridgehead atoms. The molecule has 0 spiro atoms. The number of aryl methyl sites for hydroxylation is 1. The van der Waals surface area contributed by atoms with Crippen molar-refractivity contribution >= 4 is 17.8 Å². The van der Waals surface area contributed by atoms with Crippen LogP contribution in [0.4, 0.5) is 0 Å². The predicted octanol–water partition coefficient (Wildman–Crippen LogP) is 2.67. The van der Waals surface area contributed by atoms with Crippen LogP contribution in [0.15, 0.2) is 54.6 Å². The highest BCUT2D eigenvalue weighted by Gasteiger charge is 2.22. The zero-order valence-electron chi connectivity index (χ0n) is 17.5. The van der Waals surface area contributed by atoms with Crippen LogP contribution in [0.1, 0.15) is 37.7 Å². The average molecular weight is 421 g/mol. The molecule has 3 rings (SSSR count). The molecule has 0 aliphatic rings. The zero-order valence-corrected chi connectivity index (χ0v) is 17.5. The lowest BCUT2D eigenvalue weighted by molar-refractivity contribution is -0.123. The maximum Gasteiger partial charge on any atom is 0.342 e. The van der Waals surface area contributed by atoms with Crippen molar-refractivity contribution in [1.29, 1.82) is 0 Å². The second kappa shape index (κ2) is 9.71. The molecule has 8 nitrogen and oxygen atoms in total. The SMILES string of the molecule is COc1ccccc1C(=O)NC(=O)COC(=O)c1c(C)nn(Cc2ccccc2)c1C. The van der Waals surface area contributed by atoms with E-state index in [1.54, 1.807) is 36.7 Å². The number of nitrogens with one attached hydrogen (secondary N) is 1. The summed E-state index contributed by atoms with van der Waals surface area (Å²) in [5.74, 6) is -1.71. The number of carbonyl (C=O) groups excluding carboxylic acids is 3. The van der Waals surface area contributed by atoms with E-state index in [1.165, 1.54) is 13.2 Å². The maximum atomic E-state index is 12.6. The Morgan fingerprint density at radius 2 is 1.68 bits per heavy atom. The van der Waals surface area contributed by atoms with Gasteiger partial charge in [0.2, 0.25) is 0 Å². The molecule has 2 aromatic carbocycles. The second-order valence-corrected chi connectivity index (χ2v) is 6.84. The van der Waals surface area contributed by atoms with Gasteiger partial charge in [-0.25, -0.2) is 4.79 Å². The topological polar surface area (TPSA) is 99.5 Å². The van der Waals surface area contributed by atoms with Crippen molar-refractivity contribution in [2.45, 2.75) is 20.4 Å². The largest absolute Gasteiger partial charge is 0.496 e. The Balaban J connectivity index is 1.61. The highest BCUT2D eigenvalue weighted by Crippen LogP contribution is 2.17. The van der Waals surface area contributed by atoms with Gasteiger partial charge in [-0.3, -0.25) is 19.6 Å². The second-order valence-electron chi connectivity index (χ2n) is 6.84. The smallest absolute Gasteiger partial charge is 0.342 e. The molecule has 1 heterocycles. The minimum atomic E-state index is -0.740. The van der Waals surface area contributed by atoms with Gasteiger partial charge in [0.25, 0.3) is 11.8 Å². The van der Waals surface area contributed by atoms with Gasteiger partial charge in [0.05, 0.1) is 30.6 Å². The van der Waals surface area contributed by atoms with Crippen LogP contribution in [-0.4, -0.2) is 41.3 Å². The van der Waals surface area contributed by atoms with E-state index in [0.717, 1.165) is 5.56 Å². The molecule has 0 radical (unpaired) electrons. The first-order valence-corrected chi connectivity index (χ1v) is 9.63. The Labute approximate surface area is 179 Å². The quantitative estimate of drug-likeness (QED) is 0.589. The number of ether oxygens (including phenoxy) is 2. The molecular formula is C23H23N3O5. The summed E-state index contributed by atoms with van der Waals surface area (Å²) < 4.78 is 11.9. The van der Waals surface area contributed by atoms with E-state index in [1.807, 2.05) is 30.3 Å². The molecule has 0 unspecified atom stereocenters. The van der Waals surface area contributed by atoms with Crippen LogP contribution in [0.3, 0.4) is 0 Å². The van der Waals surface area contributed by atoms with Crippen LogP contribution >= 0.6 is 0 Å². The maximum absolute atomic E-state index is 12.6. The highest BCUT2D eigenvalue weighted by atomic mass is 16.5. The number of para-hydroxylation sites is 1. The highest BCUT2D eigenvalue weighted by molar-refractivity contribution is 6.07. The third kappa shape index (κ3) is 5.16. The number of amides is 2. The molecular weight excluding hydrogens is 398 g/mol. The third-order valence-electron chi connectivity index (χ3n) is 4.70. The lowest BCUT2D eigenvalue weighted by atomic mass is 10.2. The zero-order chi connectivity index (χ0) is 22.4. The fourth-order valence-electron chi connectivity index (χ4n) is 3.17. The van der Waals surface area contributed by atoms with Gasteiger partial charge in [-0.05, 0) is 31.5 Å². The minimum Gasteiger partial charge on any atom is -0.496 e. The molecule has 31 heavy (non-hydrogen) atoms. The van der Waals surface area contributed by atoms with Crippen LogP contribution in [0.5, 0.6) is 5.75 Å². The number of hydrogen-bond acceptors (Lipinski definition) is 6. The first-order chi connectivity index (χ1) is 14.9. The number of hydrogen-bond donors (Lipinski definition) is 1. The van der Waals surface area contributed by atoms with Crippen LogP contribution in [0, 0.1) is 13.8 Å². The fourth-order valence-corrected chi connectivity index (χ4v) is 3.17. The van der Waals surface area contributed by atoms with Crippen LogP contribution in [0.2, 0.25) is 0 Å². The average Bonchev–Trinajstić information content (AvgIpc) is 3.05. The summed E-state index contributed by atoms with van der Waals surface area (Å²) in [7, 11) is 1.43. The van der Waals surface area contributed by atoms with Gasteiger partial charge < -0.3 is 9.47 Å². The Morgan fingerprint density at radius 1 is 1.00 bits per heavy atom. The molecule has 0 fully saturated rings. The molecule has 160 valence electrons. The molecule has 8 heteroatoms. The molecule has 1 N–H and O–H groups in total. The predicted molar refractivity (Wildman–Crippen MR) is 113 cm³/mol. The number of imide groups is 1. The first kappa shape index (κ1) is 21.8. The molecule has 2 amide bonds. The van der Waals surface area contributed by atoms with Gasteiger partial charge in [-0.2, -0.15) is 5.10 Å². The van der Waals surface area contributed by atoms with Gasteiger partial charge in [-0.15, -0.1) is 0 Å². The van der Waals surface area contributed by atoms with Crippen molar-refractivity contribution < 1.29 is 23.9 Å². The summed E-state index contributed by atoms with van der Waals surface area (Å²) >= 11 is 0. The summed E-state index contributed by atoms with van der Waals surface area (Å²) in [6.07, 6.45) is 0. The van der Waals surface area contributed by atoms with E-state index in [-0.39, 0.29) is 5.56 Å². The number of benzene rings is 2. The number of methoxy groups -OCH3 is 1.